The van der Waals surface area contributed by atoms with Gasteiger partial charge in [-0.2, -0.15) is 0 Å². The largest absolute Gasteiger partial charge is 0.444 e. The van der Waals surface area contributed by atoms with E-state index in [1.165, 1.54) is 19.3 Å². The highest BCUT2D eigenvalue weighted by atomic mass is 16.6. The number of hydrogen-bond acceptors (Lipinski definition) is 5. The lowest BCUT2D eigenvalue weighted by Crippen LogP contribution is -2.63. The Balaban J connectivity index is 1.45. The van der Waals surface area contributed by atoms with Gasteiger partial charge in [0, 0.05) is 33.1 Å². The molecule has 1 aromatic rings. The molecule has 2 aliphatic rings. The zero-order chi connectivity index (χ0) is 19.4. The number of fused-ring (bicyclic) bond motifs is 1. The number of nitrogens with zero attached hydrogens (tertiary/aromatic N) is 5. The smallest absolute Gasteiger partial charge is 0.410 e. The summed E-state index contributed by atoms with van der Waals surface area (Å²) in [4.78, 5) is 18.0. The Morgan fingerprint density at radius 2 is 2.04 bits per heavy atom. The van der Waals surface area contributed by atoms with E-state index in [-0.39, 0.29) is 12.1 Å². The number of ether oxygens (including phenoxy) is 1. The standard InChI is InChI=1S/C18H31N7O2/c1-18(2,3)27-17(26)24-11-13(12-24)21-16(19-4)20-10-15-23-22-14-8-6-5-7-9-25(14)15/h13H,5-12H2,1-4H3,(H2,19,20,21). The van der Waals surface area contributed by atoms with Crippen LogP contribution in [0.4, 0.5) is 4.79 Å². The molecule has 1 saturated heterocycles. The summed E-state index contributed by atoms with van der Waals surface area (Å²) in [7, 11) is 1.74. The molecule has 2 N–H and O–H groups in total. The van der Waals surface area contributed by atoms with Crippen molar-refractivity contribution in [3.8, 4) is 0 Å². The normalized spacial score (nSPS) is 18.4. The zero-order valence-corrected chi connectivity index (χ0v) is 16.8. The number of hydrogen-bond donors (Lipinski definition) is 2. The molecular formula is C18H31N7O2. The topological polar surface area (TPSA) is 96.7 Å². The molecule has 9 nitrogen and oxygen atoms in total. The third-order valence-electron chi connectivity index (χ3n) is 4.70. The molecule has 1 amide bonds. The van der Waals surface area contributed by atoms with Crippen molar-refractivity contribution in [3.63, 3.8) is 0 Å². The lowest BCUT2D eigenvalue weighted by atomic mass is 10.1. The lowest BCUT2D eigenvalue weighted by molar-refractivity contribution is 0.00701. The van der Waals surface area contributed by atoms with Gasteiger partial charge in [-0.15, -0.1) is 10.2 Å². The molecular weight excluding hydrogens is 346 g/mol. The minimum absolute atomic E-state index is 0.166. The monoisotopic (exact) mass is 377 g/mol. The minimum atomic E-state index is -0.469. The van der Waals surface area contributed by atoms with E-state index < -0.39 is 5.60 Å². The molecule has 3 heterocycles. The van der Waals surface area contributed by atoms with Gasteiger partial charge >= 0.3 is 6.09 Å². The van der Waals surface area contributed by atoms with Crippen LogP contribution in [-0.2, 0) is 24.2 Å². The Hall–Kier alpha value is -2.32. The summed E-state index contributed by atoms with van der Waals surface area (Å²) < 4.78 is 7.60. The molecule has 150 valence electrons. The summed E-state index contributed by atoms with van der Waals surface area (Å²) in [6.45, 7) is 8.39. The lowest BCUT2D eigenvalue weighted by Gasteiger charge is -2.40. The van der Waals surface area contributed by atoms with E-state index in [0.29, 0.717) is 25.6 Å². The van der Waals surface area contributed by atoms with Gasteiger partial charge in [-0.3, -0.25) is 4.99 Å². The minimum Gasteiger partial charge on any atom is -0.444 e. The number of likely N-dealkylation sites (tertiary alicyclic amines) is 1. The van der Waals surface area contributed by atoms with Crippen LogP contribution in [0.3, 0.4) is 0 Å². The molecule has 0 aliphatic carbocycles. The molecule has 9 heteroatoms. The molecule has 1 fully saturated rings. The van der Waals surface area contributed by atoms with Crippen molar-refractivity contribution >= 4 is 12.1 Å². The van der Waals surface area contributed by atoms with Crippen molar-refractivity contribution in [1.82, 2.24) is 30.3 Å². The SMILES string of the molecule is CN=C(NCc1nnc2n1CCCCC2)NC1CN(C(=O)OC(C)(C)C)C1. The van der Waals surface area contributed by atoms with Crippen molar-refractivity contribution in [1.29, 1.82) is 0 Å². The van der Waals surface area contributed by atoms with E-state index in [9.17, 15) is 4.79 Å². The van der Waals surface area contributed by atoms with Gasteiger partial charge in [0.15, 0.2) is 11.8 Å². The number of carbonyl (C=O) groups excluding carboxylic acids is 1. The third kappa shape index (κ3) is 5.11. The van der Waals surface area contributed by atoms with Gasteiger partial charge < -0.3 is 24.8 Å². The summed E-state index contributed by atoms with van der Waals surface area (Å²) >= 11 is 0. The predicted octanol–water partition coefficient (Wildman–Crippen LogP) is 1.29. The summed E-state index contributed by atoms with van der Waals surface area (Å²) in [5.74, 6) is 2.73. The highest BCUT2D eigenvalue weighted by Gasteiger charge is 2.34. The Morgan fingerprint density at radius 3 is 2.74 bits per heavy atom. The van der Waals surface area contributed by atoms with Gasteiger partial charge in [-0.1, -0.05) is 6.42 Å². The first-order chi connectivity index (χ1) is 12.9. The fourth-order valence-electron chi connectivity index (χ4n) is 3.27. The number of guanidine groups is 1. The van der Waals surface area contributed by atoms with E-state index in [1.807, 2.05) is 20.8 Å². The molecule has 27 heavy (non-hydrogen) atoms. The average Bonchev–Trinajstić information content (AvgIpc) is 2.78. The van der Waals surface area contributed by atoms with E-state index >= 15 is 0 Å². The van der Waals surface area contributed by atoms with Gasteiger partial charge in [0.05, 0.1) is 12.6 Å². The van der Waals surface area contributed by atoms with Crippen LogP contribution in [0.2, 0.25) is 0 Å². The first-order valence-corrected chi connectivity index (χ1v) is 9.72. The van der Waals surface area contributed by atoms with Gasteiger partial charge in [-0.25, -0.2) is 4.79 Å². The molecule has 0 atom stereocenters. The van der Waals surface area contributed by atoms with Crippen LogP contribution in [0.25, 0.3) is 0 Å². The Morgan fingerprint density at radius 1 is 1.26 bits per heavy atom. The zero-order valence-electron chi connectivity index (χ0n) is 16.8. The second kappa shape index (κ2) is 8.14. The van der Waals surface area contributed by atoms with Gasteiger partial charge in [0.1, 0.15) is 11.4 Å². The van der Waals surface area contributed by atoms with Crippen molar-refractivity contribution < 1.29 is 9.53 Å². The van der Waals surface area contributed by atoms with Crippen LogP contribution in [0.5, 0.6) is 0 Å². The fourth-order valence-corrected chi connectivity index (χ4v) is 3.27. The molecule has 0 unspecified atom stereocenters. The van der Waals surface area contributed by atoms with Crippen LogP contribution < -0.4 is 10.6 Å². The summed E-state index contributed by atoms with van der Waals surface area (Å²) in [5.41, 5.74) is -0.469. The summed E-state index contributed by atoms with van der Waals surface area (Å²) in [6, 6.07) is 0.166. The van der Waals surface area contributed by atoms with Crippen molar-refractivity contribution in [2.75, 3.05) is 20.1 Å². The maximum atomic E-state index is 12.0. The first kappa shape index (κ1) is 19.4. The van der Waals surface area contributed by atoms with E-state index in [4.69, 9.17) is 4.74 Å². The van der Waals surface area contributed by atoms with Crippen molar-refractivity contribution in [3.05, 3.63) is 11.6 Å². The van der Waals surface area contributed by atoms with Crippen LogP contribution in [-0.4, -0.2) is 63.5 Å². The molecule has 0 aromatic carbocycles. The van der Waals surface area contributed by atoms with E-state index in [2.05, 4.69) is 30.4 Å². The third-order valence-corrected chi connectivity index (χ3v) is 4.70. The Bertz CT molecular complexity index is 686. The number of carbonyl (C=O) groups is 1. The molecule has 0 radical (unpaired) electrons. The van der Waals surface area contributed by atoms with Gasteiger partial charge in [0.2, 0.25) is 0 Å². The van der Waals surface area contributed by atoms with Gasteiger partial charge in [-0.05, 0) is 33.6 Å². The number of nitrogens with one attached hydrogen (secondary N) is 2. The van der Waals surface area contributed by atoms with Crippen molar-refractivity contribution in [2.24, 2.45) is 4.99 Å². The van der Waals surface area contributed by atoms with E-state index in [0.717, 1.165) is 24.6 Å². The number of rotatable bonds is 3. The second-order valence-electron chi connectivity index (χ2n) is 8.15. The molecule has 1 aromatic heterocycles. The second-order valence-corrected chi connectivity index (χ2v) is 8.15. The van der Waals surface area contributed by atoms with Crippen LogP contribution in [0, 0.1) is 0 Å². The van der Waals surface area contributed by atoms with Crippen molar-refractivity contribution in [2.45, 2.75) is 71.2 Å². The first-order valence-electron chi connectivity index (χ1n) is 9.72. The number of amides is 1. The van der Waals surface area contributed by atoms with Crippen LogP contribution >= 0.6 is 0 Å². The molecule has 3 rings (SSSR count). The van der Waals surface area contributed by atoms with Crippen LogP contribution in [0.1, 0.15) is 51.7 Å². The Kier molecular flexibility index (Phi) is 5.86. The predicted molar refractivity (Wildman–Crippen MR) is 103 cm³/mol. The van der Waals surface area contributed by atoms with Gasteiger partial charge in [0.25, 0.3) is 0 Å². The molecule has 0 spiro atoms. The average molecular weight is 377 g/mol. The van der Waals surface area contributed by atoms with E-state index in [1.54, 1.807) is 11.9 Å². The number of aromatic nitrogens is 3. The maximum Gasteiger partial charge on any atom is 0.410 e. The molecule has 0 saturated carbocycles. The number of aliphatic imine (C=N–C) groups is 1. The highest BCUT2D eigenvalue weighted by Crippen LogP contribution is 2.16. The Labute approximate surface area is 160 Å². The molecule has 2 aliphatic heterocycles. The number of aryl methyl sites for hydroxylation is 1. The summed E-state index contributed by atoms with van der Waals surface area (Å²) in [6.07, 6.45) is 4.34. The summed E-state index contributed by atoms with van der Waals surface area (Å²) in [5, 5.41) is 15.3. The fraction of sp³-hybridized carbons (Fsp3) is 0.778. The highest BCUT2D eigenvalue weighted by molar-refractivity contribution is 5.80. The molecule has 0 bridgehead atoms. The quantitative estimate of drug-likeness (QED) is 0.609. The van der Waals surface area contributed by atoms with Crippen LogP contribution in [0.15, 0.2) is 4.99 Å². The maximum absolute atomic E-state index is 12.0.